The van der Waals surface area contributed by atoms with Gasteiger partial charge >= 0.3 is 0 Å². The lowest BCUT2D eigenvalue weighted by molar-refractivity contribution is -0.205. The molecule has 5 N–H and O–H groups in total. The first kappa shape index (κ1) is 25.6. The van der Waals surface area contributed by atoms with E-state index >= 15 is 0 Å². The van der Waals surface area contributed by atoms with E-state index in [1.54, 1.807) is 13.2 Å². The number of amides is 1. The Bertz CT molecular complexity index is 616. The number of hydrogen-bond donors (Lipinski definition) is 5. The molecule has 9 heteroatoms. The van der Waals surface area contributed by atoms with Crippen molar-refractivity contribution in [1.29, 1.82) is 0 Å². The summed E-state index contributed by atoms with van der Waals surface area (Å²) in [6.45, 7) is 4.52. The molecule has 0 spiro atoms. The Labute approximate surface area is 188 Å². The largest absolute Gasteiger partial charge is 0.388 e. The molecule has 2 heterocycles. The first-order valence-electron chi connectivity index (χ1n) is 10.6. The third kappa shape index (κ3) is 6.69. The molecule has 7 nitrogen and oxygen atoms in total. The minimum atomic E-state index is -1.38. The number of carbonyl (C=O) groups is 1. The highest BCUT2D eigenvalue weighted by Gasteiger charge is 2.48. The Balaban J connectivity index is 2.06. The second-order valence-electron chi connectivity index (χ2n) is 7.85. The number of rotatable bonds is 8. The van der Waals surface area contributed by atoms with Crippen LogP contribution in [0.5, 0.6) is 0 Å². The molecule has 0 radical (unpaired) electrons. The maximum absolute atomic E-state index is 12.9. The number of hydrogen-bond acceptors (Lipinski definition) is 7. The van der Waals surface area contributed by atoms with Crippen LogP contribution >= 0.6 is 23.4 Å². The normalized spacial score (nSPS) is 34.8. The van der Waals surface area contributed by atoms with E-state index in [2.05, 4.69) is 35.8 Å². The highest BCUT2D eigenvalue weighted by molar-refractivity contribution is 7.99. The van der Waals surface area contributed by atoms with Gasteiger partial charge < -0.3 is 30.7 Å². The van der Waals surface area contributed by atoms with Gasteiger partial charge in [-0.05, 0) is 39.0 Å². The predicted octanol–water partition coefficient (Wildman–Crippen LogP) is 1.30. The standard InChI is InChI=1S/C21H35ClN2O5S/c1-4-5-6-7-13-8-9-14(23-11-10-13)20(28)24-15(12(2)22)19-17(26)16(25)18(27)21(29-19)30-3/h6-8,12,14-19,21,23,25-27H,4-5,9-11H2,1-3H3,(H,24,28)/b7-6+/t12-,14-,15+,16?,17?,18+,19+,21?/m0/s1. The summed E-state index contributed by atoms with van der Waals surface area (Å²) >= 11 is 7.55. The molecule has 0 aromatic carbocycles. The van der Waals surface area contributed by atoms with Crippen LogP contribution in [-0.2, 0) is 9.53 Å². The lowest BCUT2D eigenvalue weighted by Crippen LogP contribution is -2.65. The quantitative estimate of drug-likeness (QED) is 0.346. The zero-order valence-corrected chi connectivity index (χ0v) is 19.4. The third-order valence-electron chi connectivity index (χ3n) is 5.52. The van der Waals surface area contributed by atoms with Crippen molar-refractivity contribution in [2.75, 3.05) is 12.8 Å². The molecule has 1 fully saturated rings. The Morgan fingerprint density at radius 1 is 1.40 bits per heavy atom. The minimum Gasteiger partial charge on any atom is -0.388 e. The Hall–Kier alpha value is -0.610. The second kappa shape index (κ2) is 12.4. The average Bonchev–Trinajstić information content (AvgIpc) is 2.97. The zero-order chi connectivity index (χ0) is 22.3. The van der Waals surface area contributed by atoms with Gasteiger partial charge in [-0.2, -0.15) is 0 Å². The van der Waals surface area contributed by atoms with Crippen molar-refractivity contribution in [3.63, 3.8) is 0 Å². The summed E-state index contributed by atoms with van der Waals surface area (Å²) in [5.41, 5.74) is 0.485. The number of alkyl halides is 1. The van der Waals surface area contributed by atoms with Crippen LogP contribution in [0.1, 0.15) is 39.5 Å². The molecule has 0 bridgehead atoms. The average molecular weight is 463 g/mol. The van der Waals surface area contributed by atoms with Gasteiger partial charge in [0.25, 0.3) is 0 Å². The molecule has 172 valence electrons. The smallest absolute Gasteiger partial charge is 0.237 e. The molecule has 0 saturated carbocycles. The fourth-order valence-corrected chi connectivity index (χ4v) is 4.57. The maximum Gasteiger partial charge on any atom is 0.237 e. The number of halogens is 1. The van der Waals surface area contributed by atoms with E-state index in [-0.39, 0.29) is 5.91 Å². The predicted molar refractivity (Wildman–Crippen MR) is 121 cm³/mol. The second-order valence-corrected chi connectivity index (χ2v) is 9.48. The van der Waals surface area contributed by atoms with Crippen molar-refractivity contribution in [2.24, 2.45) is 0 Å². The van der Waals surface area contributed by atoms with Gasteiger partial charge in [-0.25, -0.2) is 0 Å². The number of thioether (sulfide) groups is 1. The van der Waals surface area contributed by atoms with Gasteiger partial charge in [-0.1, -0.05) is 37.1 Å². The van der Waals surface area contributed by atoms with Crippen LogP contribution in [0.15, 0.2) is 23.8 Å². The van der Waals surface area contributed by atoms with Crippen LogP contribution in [-0.4, -0.2) is 81.3 Å². The molecule has 30 heavy (non-hydrogen) atoms. The molecule has 2 aliphatic rings. The van der Waals surface area contributed by atoms with Crippen LogP contribution in [0.3, 0.4) is 0 Å². The molecule has 1 saturated heterocycles. The first-order chi connectivity index (χ1) is 14.3. The number of aliphatic hydroxyl groups excluding tert-OH is 3. The van der Waals surface area contributed by atoms with Crippen LogP contribution in [0.4, 0.5) is 0 Å². The molecule has 2 aliphatic heterocycles. The molecular formula is C21H35ClN2O5S. The molecule has 0 aromatic heterocycles. The van der Waals surface area contributed by atoms with E-state index in [1.807, 2.05) is 0 Å². The van der Waals surface area contributed by atoms with Crippen LogP contribution < -0.4 is 10.6 Å². The number of allylic oxidation sites excluding steroid dienone is 2. The van der Waals surface area contributed by atoms with Crippen molar-refractivity contribution in [1.82, 2.24) is 10.6 Å². The van der Waals surface area contributed by atoms with E-state index in [4.69, 9.17) is 16.3 Å². The Morgan fingerprint density at radius 2 is 2.13 bits per heavy atom. The summed E-state index contributed by atoms with van der Waals surface area (Å²) in [4.78, 5) is 12.9. The van der Waals surface area contributed by atoms with Crippen molar-refractivity contribution in [3.8, 4) is 0 Å². The summed E-state index contributed by atoms with van der Waals surface area (Å²) in [7, 11) is 0. The highest BCUT2D eigenvalue weighted by Crippen LogP contribution is 2.30. The summed E-state index contributed by atoms with van der Waals surface area (Å²) in [6, 6.07) is -1.16. The molecule has 0 aliphatic carbocycles. The number of unbranched alkanes of at least 4 members (excludes halogenated alkanes) is 1. The van der Waals surface area contributed by atoms with Gasteiger partial charge in [0.2, 0.25) is 5.91 Å². The number of aliphatic hydroxyl groups is 3. The van der Waals surface area contributed by atoms with Gasteiger partial charge in [0.1, 0.15) is 29.9 Å². The topological polar surface area (TPSA) is 111 Å². The maximum atomic E-state index is 12.9. The fraction of sp³-hybridized carbons (Fsp3) is 0.762. The van der Waals surface area contributed by atoms with Crippen LogP contribution in [0.25, 0.3) is 0 Å². The molecule has 1 amide bonds. The number of carbonyl (C=O) groups excluding carboxylic acids is 1. The van der Waals surface area contributed by atoms with Gasteiger partial charge in [0, 0.05) is 0 Å². The molecule has 2 rings (SSSR count). The summed E-state index contributed by atoms with van der Waals surface area (Å²) in [6.07, 6.45) is 6.71. The van der Waals surface area contributed by atoms with E-state index in [0.29, 0.717) is 13.0 Å². The third-order valence-corrected chi connectivity index (χ3v) is 6.65. The lowest BCUT2D eigenvalue weighted by atomic mass is 9.93. The van der Waals surface area contributed by atoms with Gasteiger partial charge in [0.15, 0.2) is 0 Å². The van der Waals surface area contributed by atoms with Crippen LogP contribution in [0, 0.1) is 0 Å². The zero-order valence-electron chi connectivity index (χ0n) is 17.8. The van der Waals surface area contributed by atoms with Crippen molar-refractivity contribution >= 4 is 29.3 Å². The van der Waals surface area contributed by atoms with E-state index < -0.39 is 47.3 Å². The van der Waals surface area contributed by atoms with Gasteiger partial charge in [-0.3, -0.25) is 4.79 Å². The summed E-state index contributed by atoms with van der Waals surface area (Å²) in [5, 5.41) is 36.3. The molecule has 3 unspecified atom stereocenters. The summed E-state index contributed by atoms with van der Waals surface area (Å²) < 4.78 is 5.80. The van der Waals surface area contributed by atoms with Gasteiger partial charge in [0.05, 0.1) is 17.5 Å². The monoisotopic (exact) mass is 462 g/mol. The van der Waals surface area contributed by atoms with Crippen LogP contribution in [0.2, 0.25) is 0 Å². The van der Waals surface area contributed by atoms with Crippen molar-refractivity contribution < 1.29 is 24.9 Å². The SMILES string of the molecule is CCC/C=C/C1=CC[C@@H](C(=O)N[C@H]([C@H](C)Cl)[C@H]2OC(SC)[C@H](O)C(O)C2O)NCC1. The molecule has 8 atom stereocenters. The molecule has 0 aromatic rings. The van der Waals surface area contributed by atoms with Gasteiger partial charge in [-0.15, -0.1) is 23.4 Å². The Kier molecular flexibility index (Phi) is 10.6. The lowest BCUT2D eigenvalue weighted by Gasteiger charge is -2.44. The van der Waals surface area contributed by atoms with E-state index in [0.717, 1.165) is 19.3 Å². The van der Waals surface area contributed by atoms with Crippen molar-refractivity contribution in [3.05, 3.63) is 23.8 Å². The van der Waals surface area contributed by atoms with E-state index in [1.165, 1.54) is 17.3 Å². The van der Waals surface area contributed by atoms with E-state index in [9.17, 15) is 20.1 Å². The number of nitrogens with one attached hydrogen (secondary N) is 2. The fourth-order valence-electron chi connectivity index (χ4n) is 3.69. The molecular weight excluding hydrogens is 428 g/mol. The minimum absolute atomic E-state index is 0.236. The first-order valence-corrected chi connectivity index (χ1v) is 12.3. The summed E-state index contributed by atoms with van der Waals surface area (Å²) in [5.74, 6) is -0.236. The Morgan fingerprint density at radius 3 is 2.77 bits per heavy atom. The number of ether oxygens (including phenoxy) is 1. The van der Waals surface area contributed by atoms with Crippen molar-refractivity contribution in [2.45, 2.75) is 86.8 Å². The highest BCUT2D eigenvalue weighted by atomic mass is 35.5.